The van der Waals surface area contributed by atoms with Crippen LogP contribution in [0.25, 0.3) is 0 Å². The van der Waals surface area contributed by atoms with Gasteiger partial charge in [0.1, 0.15) is 11.6 Å². The number of hydrogen-bond donors (Lipinski definition) is 1. The monoisotopic (exact) mass is 309 g/mol. The lowest BCUT2D eigenvalue weighted by Gasteiger charge is -2.07. The number of carbonyl (C=O) groups is 1. The third-order valence-corrected chi connectivity index (χ3v) is 2.99. The molecule has 0 saturated heterocycles. The van der Waals surface area contributed by atoms with Gasteiger partial charge in [-0.3, -0.25) is 9.79 Å². The summed E-state index contributed by atoms with van der Waals surface area (Å²) < 4.78 is 9.88. The normalized spacial score (nSPS) is 12.6. The van der Waals surface area contributed by atoms with E-state index in [-0.39, 0.29) is 11.5 Å². The number of methoxy groups -OCH3 is 2. The maximum absolute atomic E-state index is 12.0. The summed E-state index contributed by atoms with van der Waals surface area (Å²) in [6.45, 7) is 6.15. The Labute approximate surface area is 133 Å². The van der Waals surface area contributed by atoms with Crippen LogP contribution in [0, 0.1) is 11.3 Å². The Morgan fingerprint density at radius 2 is 1.82 bits per heavy atom. The third kappa shape index (κ3) is 9.27. The number of aliphatic imine (C=N–C) groups is 1. The Morgan fingerprint density at radius 3 is 2.41 bits per heavy atom. The summed E-state index contributed by atoms with van der Waals surface area (Å²) in [6.07, 6.45) is 2.11. The fourth-order valence-corrected chi connectivity index (χ4v) is 1.85. The number of allylic oxidation sites excluding steroid dienone is 1. The molecule has 0 atom stereocenters. The number of amides is 1. The standard InChI is InChI=1S/C16H27N3O3/c1-13(11-14(2)18-7-5-9-21-3)15(12-17)16(20)19-8-6-10-22-4/h5-11H2,1-4H3,(H,19,20)/b15-13-,18-14?. The Morgan fingerprint density at radius 1 is 1.18 bits per heavy atom. The van der Waals surface area contributed by atoms with E-state index in [1.807, 2.05) is 13.0 Å². The van der Waals surface area contributed by atoms with E-state index in [0.29, 0.717) is 32.7 Å². The quantitative estimate of drug-likeness (QED) is 0.273. The predicted octanol–water partition coefficient (Wildman–Crippen LogP) is 1.87. The highest BCUT2D eigenvalue weighted by atomic mass is 16.5. The highest BCUT2D eigenvalue weighted by Gasteiger charge is 2.12. The molecule has 0 aromatic rings. The molecule has 0 saturated carbocycles. The minimum Gasteiger partial charge on any atom is -0.385 e. The third-order valence-electron chi connectivity index (χ3n) is 2.99. The number of nitriles is 1. The van der Waals surface area contributed by atoms with Crippen LogP contribution in [-0.2, 0) is 14.3 Å². The SMILES string of the molecule is COCCCN=C(C)C/C(C)=C(/C#N)C(=O)NCCCOC. The van der Waals surface area contributed by atoms with Crippen LogP contribution in [-0.4, -0.2) is 52.1 Å². The van der Waals surface area contributed by atoms with Crippen LogP contribution < -0.4 is 5.32 Å². The van der Waals surface area contributed by atoms with Gasteiger partial charge >= 0.3 is 0 Å². The summed E-state index contributed by atoms with van der Waals surface area (Å²) >= 11 is 0. The van der Waals surface area contributed by atoms with Gasteiger partial charge in [-0.2, -0.15) is 5.26 Å². The Bertz CT molecular complexity index is 436. The van der Waals surface area contributed by atoms with Gasteiger partial charge in [0.05, 0.1) is 0 Å². The lowest BCUT2D eigenvalue weighted by Crippen LogP contribution is -2.27. The highest BCUT2D eigenvalue weighted by Crippen LogP contribution is 2.09. The van der Waals surface area contributed by atoms with E-state index in [4.69, 9.17) is 9.47 Å². The predicted molar refractivity (Wildman–Crippen MR) is 86.9 cm³/mol. The molecule has 0 bridgehead atoms. The van der Waals surface area contributed by atoms with Crippen LogP contribution >= 0.6 is 0 Å². The van der Waals surface area contributed by atoms with Crippen molar-refractivity contribution in [3.05, 3.63) is 11.1 Å². The van der Waals surface area contributed by atoms with Gasteiger partial charge < -0.3 is 14.8 Å². The van der Waals surface area contributed by atoms with Gasteiger partial charge in [0.15, 0.2) is 0 Å². The van der Waals surface area contributed by atoms with Gasteiger partial charge in [0.2, 0.25) is 0 Å². The molecule has 0 heterocycles. The van der Waals surface area contributed by atoms with Crippen molar-refractivity contribution in [2.45, 2.75) is 33.1 Å². The summed E-state index contributed by atoms with van der Waals surface area (Å²) in [4.78, 5) is 16.4. The van der Waals surface area contributed by atoms with Crippen molar-refractivity contribution in [3.63, 3.8) is 0 Å². The molecule has 124 valence electrons. The lowest BCUT2D eigenvalue weighted by molar-refractivity contribution is -0.117. The Balaban J connectivity index is 4.50. The van der Waals surface area contributed by atoms with Gasteiger partial charge in [-0.05, 0) is 32.3 Å². The van der Waals surface area contributed by atoms with Gasteiger partial charge in [0.25, 0.3) is 5.91 Å². The number of carbonyl (C=O) groups excluding carboxylic acids is 1. The summed E-state index contributed by atoms with van der Waals surface area (Å²) in [5.41, 5.74) is 1.82. The zero-order valence-electron chi connectivity index (χ0n) is 14.1. The zero-order valence-corrected chi connectivity index (χ0v) is 14.1. The molecule has 0 aromatic carbocycles. The van der Waals surface area contributed by atoms with Gasteiger partial charge in [-0.1, -0.05) is 0 Å². The average molecular weight is 309 g/mol. The van der Waals surface area contributed by atoms with Crippen LogP contribution in [0.15, 0.2) is 16.1 Å². The van der Waals surface area contributed by atoms with E-state index in [9.17, 15) is 10.1 Å². The van der Waals surface area contributed by atoms with Gasteiger partial charge in [0, 0.05) is 52.7 Å². The summed E-state index contributed by atoms with van der Waals surface area (Å²) in [5.74, 6) is -0.330. The fraction of sp³-hybridized carbons (Fsp3) is 0.688. The molecule has 6 nitrogen and oxygen atoms in total. The van der Waals surface area contributed by atoms with Crippen LogP contribution in [0.2, 0.25) is 0 Å². The molecule has 6 heteroatoms. The Hall–Kier alpha value is -1.71. The van der Waals surface area contributed by atoms with E-state index >= 15 is 0 Å². The minimum atomic E-state index is -0.330. The van der Waals surface area contributed by atoms with Crippen molar-refractivity contribution >= 4 is 11.6 Å². The van der Waals surface area contributed by atoms with Crippen molar-refractivity contribution in [2.24, 2.45) is 4.99 Å². The summed E-state index contributed by atoms with van der Waals surface area (Å²) in [5, 5.41) is 11.9. The topological polar surface area (TPSA) is 83.7 Å². The van der Waals surface area contributed by atoms with Crippen molar-refractivity contribution in [1.29, 1.82) is 5.26 Å². The highest BCUT2D eigenvalue weighted by molar-refractivity contribution is 5.99. The van der Waals surface area contributed by atoms with Gasteiger partial charge in [-0.25, -0.2) is 0 Å². The van der Waals surface area contributed by atoms with Crippen LogP contribution in [0.4, 0.5) is 0 Å². The van der Waals surface area contributed by atoms with Crippen LogP contribution in [0.1, 0.15) is 33.1 Å². The van der Waals surface area contributed by atoms with Crippen molar-refractivity contribution in [3.8, 4) is 6.07 Å². The van der Waals surface area contributed by atoms with E-state index in [1.54, 1.807) is 21.1 Å². The van der Waals surface area contributed by atoms with E-state index in [1.165, 1.54) is 0 Å². The molecule has 0 spiro atoms. The molecule has 0 radical (unpaired) electrons. The number of hydrogen-bond acceptors (Lipinski definition) is 5. The molecule has 0 fully saturated rings. The molecular formula is C16H27N3O3. The second kappa shape index (κ2) is 13.0. The van der Waals surface area contributed by atoms with Crippen molar-refractivity contribution < 1.29 is 14.3 Å². The van der Waals surface area contributed by atoms with E-state index < -0.39 is 0 Å². The molecule has 0 rings (SSSR count). The summed E-state index contributed by atoms with van der Waals surface area (Å²) in [6, 6.07) is 1.99. The molecule has 0 unspecified atom stereocenters. The number of nitrogens with one attached hydrogen (secondary N) is 1. The number of rotatable bonds is 11. The number of ether oxygens (including phenoxy) is 2. The molecule has 22 heavy (non-hydrogen) atoms. The molecule has 0 aliphatic carbocycles. The maximum atomic E-state index is 12.0. The first kappa shape index (κ1) is 20.3. The largest absolute Gasteiger partial charge is 0.385 e. The molecule has 0 aliphatic rings. The zero-order chi connectivity index (χ0) is 16.8. The minimum absolute atomic E-state index is 0.170. The fourth-order valence-electron chi connectivity index (χ4n) is 1.85. The molecule has 1 N–H and O–H groups in total. The van der Waals surface area contributed by atoms with E-state index in [2.05, 4.69) is 10.3 Å². The molecule has 0 aliphatic heterocycles. The van der Waals surface area contributed by atoms with Crippen LogP contribution in [0.3, 0.4) is 0 Å². The molecular weight excluding hydrogens is 282 g/mol. The van der Waals surface area contributed by atoms with E-state index in [0.717, 1.165) is 24.1 Å². The lowest BCUT2D eigenvalue weighted by atomic mass is 10.0. The Kier molecular flexibility index (Phi) is 12.0. The second-order valence-corrected chi connectivity index (χ2v) is 5.01. The smallest absolute Gasteiger partial charge is 0.261 e. The second-order valence-electron chi connectivity index (χ2n) is 5.01. The average Bonchev–Trinajstić information content (AvgIpc) is 2.49. The molecule has 0 aromatic heterocycles. The maximum Gasteiger partial charge on any atom is 0.261 e. The number of nitrogens with zero attached hydrogens (tertiary/aromatic N) is 2. The molecule has 1 amide bonds. The van der Waals surface area contributed by atoms with Crippen LogP contribution in [0.5, 0.6) is 0 Å². The van der Waals surface area contributed by atoms with Crippen molar-refractivity contribution in [1.82, 2.24) is 5.32 Å². The first-order valence-corrected chi connectivity index (χ1v) is 7.42. The first-order chi connectivity index (χ1) is 10.6. The van der Waals surface area contributed by atoms with Gasteiger partial charge in [-0.15, -0.1) is 0 Å². The summed E-state index contributed by atoms with van der Waals surface area (Å²) in [7, 11) is 3.27. The van der Waals surface area contributed by atoms with Crippen molar-refractivity contribution in [2.75, 3.05) is 40.5 Å². The first-order valence-electron chi connectivity index (χ1n) is 7.42.